The number of nitrogens with one attached hydrogen (secondary N) is 1. The Balaban J connectivity index is 1.79. The Bertz CT molecular complexity index is 965. The van der Waals surface area contributed by atoms with E-state index in [2.05, 4.69) is 20.7 Å². The molecule has 0 bridgehead atoms. The Hall–Kier alpha value is -1.96. The third-order valence-electron chi connectivity index (χ3n) is 3.25. The monoisotopic (exact) mass is 421 g/mol. The predicted octanol–water partition coefficient (Wildman–Crippen LogP) is 4.54. The number of carbonyl (C=O) groups is 1. The second-order valence-corrected chi connectivity index (χ2v) is 9.31. The van der Waals surface area contributed by atoms with E-state index >= 15 is 0 Å². The van der Waals surface area contributed by atoms with Crippen LogP contribution in [0.4, 0.5) is 5.69 Å². The lowest BCUT2D eigenvalue weighted by Gasteiger charge is -2.07. The van der Waals surface area contributed by atoms with Gasteiger partial charge in [0.2, 0.25) is 0 Å². The molecule has 3 aromatic rings. The number of sulfonamides is 1. The summed E-state index contributed by atoms with van der Waals surface area (Å²) in [4.78, 5) is 12.3. The topological polar surface area (TPSA) is 63.2 Å². The molecule has 0 aliphatic rings. The number of carbonyl (C=O) groups excluding carboxylic acids is 1. The van der Waals surface area contributed by atoms with E-state index in [4.69, 9.17) is 0 Å². The first-order chi connectivity index (χ1) is 11.5. The van der Waals surface area contributed by atoms with Crippen molar-refractivity contribution in [2.75, 3.05) is 4.72 Å². The number of anilines is 1. The molecular weight excluding hydrogens is 410 g/mol. The van der Waals surface area contributed by atoms with Gasteiger partial charge in [0.25, 0.3) is 10.0 Å². The Morgan fingerprint density at radius 2 is 1.50 bits per heavy atom. The van der Waals surface area contributed by atoms with E-state index in [1.165, 1.54) is 6.07 Å². The summed E-state index contributed by atoms with van der Waals surface area (Å²) in [6, 6.07) is 18.5. The standard InChI is InChI=1S/C17H12BrNO3S2/c18-15-10-11-16(23-15)24(21,22)19-14-8-6-13(7-9-14)17(20)12-4-2-1-3-5-12/h1-11,19H. The Kier molecular flexibility index (Phi) is 4.84. The van der Waals surface area contributed by atoms with E-state index in [1.54, 1.807) is 54.6 Å². The second-order valence-electron chi connectivity index (χ2n) is 4.94. The van der Waals surface area contributed by atoms with Gasteiger partial charge >= 0.3 is 0 Å². The van der Waals surface area contributed by atoms with E-state index in [0.717, 1.165) is 15.1 Å². The number of hydrogen-bond donors (Lipinski definition) is 1. The van der Waals surface area contributed by atoms with E-state index in [-0.39, 0.29) is 9.99 Å². The minimum atomic E-state index is -3.62. The van der Waals surface area contributed by atoms with Crippen LogP contribution in [0.2, 0.25) is 0 Å². The summed E-state index contributed by atoms with van der Waals surface area (Å²) in [5, 5.41) is 0. The van der Waals surface area contributed by atoms with E-state index in [0.29, 0.717) is 16.8 Å². The van der Waals surface area contributed by atoms with Gasteiger partial charge in [-0.3, -0.25) is 9.52 Å². The van der Waals surface area contributed by atoms with Gasteiger partial charge in [-0.1, -0.05) is 30.3 Å². The van der Waals surface area contributed by atoms with Crippen molar-refractivity contribution in [1.82, 2.24) is 0 Å². The maximum atomic E-state index is 12.3. The maximum Gasteiger partial charge on any atom is 0.271 e. The zero-order valence-corrected chi connectivity index (χ0v) is 15.5. The van der Waals surface area contributed by atoms with Crippen LogP contribution < -0.4 is 4.72 Å². The van der Waals surface area contributed by atoms with Crippen molar-refractivity contribution in [3.8, 4) is 0 Å². The molecule has 7 heteroatoms. The van der Waals surface area contributed by atoms with Crippen LogP contribution in [-0.2, 0) is 10.0 Å². The fourth-order valence-corrected chi connectivity index (χ4v) is 5.16. The summed E-state index contributed by atoms with van der Waals surface area (Å²) in [5.41, 5.74) is 1.50. The van der Waals surface area contributed by atoms with Crippen LogP contribution in [0.3, 0.4) is 0 Å². The van der Waals surface area contributed by atoms with E-state index in [1.807, 2.05) is 6.07 Å². The summed E-state index contributed by atoms with van der Waals surface area (Å²) in [7, 11) is -3.62. The van der Waals surface area contributed by atoms with Gasteiger partial charge in [0, 0.05) is 16.8 Å². The fraction of sp³-hybridized carbons (Fsp3) is 0. The molecule has 4 nitrogen and oxygen atoms in total. The first-order valence-corrected chi connectivity index (χ1v) is 10.0. The van der Waals surface area contributed by atoms with Crippen LogP contribution >= 0.6 is 27.3 Å². The molecule has 3 rings (SSSR count). The quantitative estimate of drug-likeness (QED) is 0.614. The summed E-state index contributed by atoms with van der Waals surface area (Å²) >= 11 is 4.38. The van der Waals surface area contributed by atoms with Crippen LogP contribution in [0.25, 0.3) is 0 Å². The van der Waals surface area contributed by atoms with Gasteiger partial charge in [-0.15, -0.1) is 11.3 Å². The molecule has 0 saturated carbocycles. The van der Waals surface area contributed by atoms with Crippen LogP contribution in [0.1, 0.15) is 15.9 Å². The van der Waals surface area contributed by atoms with E-state index < -0.39 is 10.0 Å². The summed E-state index contributed by atoms with van der Waals surface area (Å²) in [5.74, 6) is -0.104. The molecule has 0 aliphatic heterocycles. The minimum absolute atomic E-state index is 0.104. The van der Waals surface area contributed by atoms with Crippen molar-refractivity contribution in [2.45, 2.75) is 4.21 Å². The molecule has 122 valence electrons. The van der Waals surface area contributed by atoms with Crippen LogP contribution in [0.5, 0.6) is 0 Å². The number of thiophene rings is 1. The highest BCUT2D eigenvalue weighted by Crippen LogP contribution is 2.27. The first kappa shape index (κ1) is 16.9. The largest absolute Gasteiger partial charge is 0.289 e. The second kappa shape index (κ2) is 6.88. The van der Waals surface area contributed by atoms with Gasteiger partial charge in [0.1, 0.15) is 4.21 Å². The molecule has 1 aromatic heterocycles. The lowest BCUT2D eigenvalue weighted by Crippen LogP contribution is -2.11. The number of hydrogen-bond acceptors (Lipinski definition) is 4. The van der Waals surface area contributed by atoms with Gasteiger partial charge in [0.15, 0.2) is 5.78 Å². The maximum absolute atomic E-state index is 12.3. The van der Waals surface area contributed by atoms with Crippen molar-refractivity contribution in [2.24, 2.45) is 0 Å². The average molecular weight is 422 g/mol. The highest BCUT2D eigenvalue weighted by molar-refractivity contribution is 9.11. The van der Waals surface area contributed by atoms with Crippen molar-refractivity contribution < 1.29 is 13.2 Å². The zero-order chi connectivity index (χ0) is 17.2. The van der Waals surface area contributed by atoms with Gasteiger partial charge in [-0.05, 0) is 52.3 Å². The third kappa shape index (κ3) is 3.75. The van der Waals surface area contributed by atoms with Gasteiger partial charge < -0.3 is 0 Å². The lowest BCUT2D eigenvalue weighted by molar-refractivity contribution is 0.103. The highest BCUT2D eigenvalue weighted by Gasteiger charge is 2.17. The number of ketones is 1. The van der Waals surface area contributed by atoms with Crippen molar-refractivity contribution in [3.63, 3.8) is 0 Å². The summed E-state index contributed by atoms with van der Waals surface area (Å²) in [6.45, 7) is 0. The number of halogens is 1. The average Bonchev–Trinajstić information content (AvgIpc) is 3.03. The minimum Gasteiger partial charge on any atom is -0.289 e. The first-order valence-electron chi connectivity index (χ1n) is 6.94. The molecule has 0 atom stereocenters. The molecule has 0 spiro atoms. The molecule has 2 aromatic carbocycles. The lowest BCUT2D eigenvalue weighted by atomic mass is 10.0. The number of rotatable bonds is 5. The molecule has 0 unspecified atom stereocenters. The molecule has 0 amide bonds. The van der Waals surface area contributed by atoms with Crippen LogP contribution in [0, 0.1) is 0 Å². The smallest absolute Gasteiger partial charge is 0.271 e. The molecule has 1 heterocycles. The molecule has 0 saturated heterocycles. The van der Waals surface area contributed by atoms with E-state index in [9.17, 15) is 13.2 Å². The summed E-state index contributed by atoms with van der Waals surface area (Å²) in [6.07, 6.45) is 0. The Labute approximate surface area is 152 Å². The fourth-order valence-electron chi connectivity index (χ4n) is 2.09. The van der Waals surface area contributed by atoms with Gasteiger partial charge in [-0.2, -0.15) is 0 Å². The Morgan fingerprint density at radius 3 is 2.08 bits per heavy atom. The van der Waals surface area contributed by atoms with Crippen molar-refractivity contribution >= 4 is 48.8 Å². The third-order valence-corrected chi connectivity index (χ3v) is 6.75. The predicted molar refractivity (Wildman–Crippen MR) is 99.1 cm³/mol. The molecule has 1 N–H and O–H groups in total. The molecule has 0 radical (unpaired) electrons. The zero-order valence-electron chi connectivity index (χ0n) is 12.3. The highest BCUT2D eigenvalue weighted by atomic mass is 79.9. The Morgan fingerprint density at radius 1 is 0.875 bits per heavy atom. The normalized spacial score (nSPS) is 11.2. The SMILES string of the molecule is O=C(c1ccccc1)c1ccc(NS(=O)(=O)c2ccc(Br)s2)cc1. The van der Waals surface area contributed by atoms with Crippen LogP contribution in [-0.4, -0.2) is 14.2 Å². The molecule has 24 heavy (non-hydrogen) atoms. The van der Waals surface area contributed by atoms with Gasteiger partial charge in [0.05, 0.1) is 3.79 Å². The van der Waals surface area contributed by atoms with Crippen molar-refractivity contribution in [3.05, 3.63) is 81.6 Å². The van der Waals surface area contributed by atoms with Crippen molar-refractivity contribution in [1.29, 1.82) is 0 Å². The van der Waals surface area contributed by atoms with Gasteiger partial charge in [-0.25, -0.2) is 8.42 Å². The molecule has 0 fully saturated rings. The number of benzene rings is 2. The molecular formula is C17H12BrNO3S2. The summed E-state index contributed by atoms with van der Waals surface area (Å²) < 4.78 is 28.0. The molecule has 0 aliphatic carbocycles. The van der Waals surface area contributed by atoms with Crippen LogP contribution in [0.15, 0.2) is 74.7 Å².